The number of phenols is 1. The van der Waals surface area contributed by atoms with E-state index in [4.69, 9.17) is 5.73 Å². The molecule has 0 saturated carbocycles. The van der Waals surface area contributed by atoms with E-state index in [9.17, 15) is 9.90 Å². The fourth-order valence-electron chi connectivity index (χ4n) is 2.82. The van der Waals surface area contributed by atoms with Crippen molar-refractivity contribution in [1.29, 1.82) is 0 Å². The second-order valence-electron chi connectivity index (χ2n) is 5.84. The number of nitrogens with two attached hydrogens (primary N) is 1. The van der Waals surface area contributed by atoms with Crippen LogP contribution in [0.2, 0.25) is 0 Å². The summed E-state index contributed by atoms with van der Waals surface area (Å²) in [6, 6.07) is 23.0. The molecule has 0 heterocycles. The molecule has 1 atom stereocenters. The number of aromatic hydroxyl groups is 1. The Kier molecular flexibility index (Phi) is 4.34. The maximum atomic E-state index is 11.8. The lowest BCUT2D eigenvalue weighted by Crippen LogP contribution is -2.19. The first-order valence-electron chi connectivity index (χ1n) is 7.84. The number of rotatable bonds is 4. The van der Waals surface area contributed by atoms with E-state index in [0.29, 0.717) is 0 Å². The predicted octanol–water partition coefficient (Wildman–Crippen LogP) is 4.32. The van der Waals surface area contributed by atoms with Gasteiger partial charge in [-0.3, -0.25) is 4.79 Å². The number of hydrogen-bond acceptors (Lipinski definition) is 2. The summed E-state index contributed by atoms with van der Waals surface area (Å²) in [6.07, 6.45) is 0. The van der Waals surface area contributed by atoms with Crippen LogP contribution >= 0.6 is 0 Å². The minimum Gasteiger partial charge on any atom is -0.508 e. The zero-order valence-corrected chi connectivity index (χ0v) is 13.4. The van der Waals surface area contributed by atoms with Gasteiger partial charge in [-0.25, -0.2) is 0 Å². The third-order valence-corrected chi connectivity index (χ3v) is 4.21. The standard InChI is InChI=1S/C21H19NO2/c1-14(21(22)24)20-13-16(15-6-3-2-4-7-15)10-11-19(20)17-8-5-9-18(23)12-17/h2-14,23H,1H3,(H2,22,24). The van der Waals surface area contributed by atoms with E-state index >= 15 is 0 Å². The van der Waals surface area contributed by atoms with Gasteiger partial charge in [0.05, 0.1) is 5.92 Å². The Morgan fingerprint density at radius 3 is 2.25 bits per heavy atom. The van der Waals surface area contributed by atoms with Crippen molar-refractivity contribution in [1.82, 2.24) is 0 Å². The highest BCUT2D eigenvalue weighted by Crippen LogP contribution is 2.34. The van der Waals surface area contributed by atoms with Crippen LogP contribution in [-0.4, -0.2) is 11.0 Å². The zero-order chi connectivity index (χ0) is 17.1. The molecule has 0 aliphatic rings. The van der Waals surface area contributed by atoms with Crippen molar-refractivity contribution in [2.75, 3.05) is 0 Å². The molecular formula is C21H19NO2. The minimum absolute atomic E-state index is 0.192. The molecule has 0 radical (unpaired) electrons. The summed E-state index contributed by atoms with van der Waals surface area (Å²) in [5.41, 5.74) is 10.3. The third-order valence-electron chi connectivity index (χ3n) is 4.21. The van der Waals surface area contributed by atoms with Crippen LogP contribution in [0.15, 0.2) is 72.8 Å². The number of carbonyl (C=O) groups excluding carboxylic acids is 1. The van der Waals surface area contributed by atoms with Gasteiger partial charge in [-0.2, -0.15) is 0 Å². The molecule has 0 bridgehead atoms. The Morgan fingerprint density at radius 1 is 0.875 bits per heavy atom. The average molecular weight is 317 g/mol. The molecule has 0 aliphatic heterocycles. The molecule has 0 spiro atoms. The number of carbonyl (C=O) groups is 1. The van der Waals surface area contributed by atoms with Crippen molar-refractivity contribution in [2.45, 2.75) is 12.8 Å². The predicted molar refractivity (Wildman–Crippen MR) is 96.6 cm³/mol. The van der Waals surface area contributed by atoms with Gasteiger partial charge in [0, 0.05) is 0 Å². The van der Waals surface area contributed by atoms with Crippen LogP contribution in [0.1, 0.15) is 18.4 Å². The fourth-order valence-corrected chi connectivity index (χ4v) is 2.82. The van der Waals surface area contributed by atoms with E-state index in [0.717, 1.165) is 27.8 Å². The van der Waals surface area contributed by atoms with Crippen LogP contribution in [0.4, 0.5) is 0 Å². The molecule has 120 valence electrons. The monoisotopic (exact) mass is 317 g/mol. The summed E-state index contributed by atoms with van der Waals surface area (Å²) >= 11 is 0. The number of benzene rings is 3. The summed E-state index contributed by atoms with van der Waals surface area (Å²) in [4.78, 5) is 11.8. The van der Waals surface area contributed by atoms with E-state index in [-0.39, 0.29) is 11.7 Å². The lowest BCUT2D eigenvalue weighted by atomic mass is 9.88. The van der Waals surface area contributed by atoms with Crippen molar-refractivity contribution < 1.29 is 9.90 Å². The highest BCUT2D eigenvalue weighted by molar-refractivity contribution is 5.86. The number of primary amides is 1. The number of amides is 1. The molecule has 24 heavy (non-hydrogen) atoms. The molecule has 3 aromatic rings. The lowest BCUT2D eigenvalue weighted by molar-refractivity contribution is -0.119. The van der Waals surface area contributed by atoms with Gasteiger partial charge in [0.1, 0.15) is 5.75 Å². The van der Waals surface area contributed by atoms with Crippen LogP contribution in [-0.2, 0) is 4.79 Å². The minimum atomic E-state index is -0.425. The van der Waals surface area contributed by atoms with Crippen molar-refractivity contribution in [3.8, 4) is 28.0 Å². The highest BCUT2D eigenvalue weighted by atomic mass is 16.3. The summed E-state index contributed by atoms with van der Waals surface area (Å²) in [5.74, 6) is -0.607. The van der Waals surface area contributed by atoms with Crippen LogP contribution in [0.3, 0.4) is 0 Å². The van der Waals surface area contributed by atoms with Gasteiger partial charge in [-0.1, -0.05) is 54.6 Å². The Morgan fingerprint density at radius 2 is 1.58 bits per heavy atom. The van der Waals surface area contributed by atoms with Gasteiger partial charge < -0.3 is 10.8 Å². The van der Waals surface area contributed by atoms with Gasteiger partial charge >= 0.3 is 0 Å². The molecule has 1 amide bonds. The van der Waals surface area contributed by atoms with Crippen LogP contribution in [0, 0.1) is 0 Å². The molecule has 0 fully saturated rings. The molecule has 0 saturated heterocycles. The fraction of sp³-hybridized carbons (Fsp3) is 0.0952. The third kappa shape index (κ3) is 3.15. The van der Waals surface area contributed by atoms with Gasteiger partial charge in [0.2, 0.25) is 5.91 Å². The van der Waals surface area contributed by atoms with Crippen LogP contribution < -0.4 is 5.73 Å². The van der Waals surface area contributed by atoms with E-state index in [1.807, 2.05) is 54.6 Å². The Balaban J connectivity index is 2.17. The second-order valence-corrected chi connectivity index (χ2v) is 5.84. The summed E-state index contributed by atoms with van der Waals surface area (Å²) in [7, 11) is 0. The summed E-state index contributed by atoms with van der Waals surface area (Å²) in [6.45, 7) is 1.80. The van der Waals surface area contributed by atoms with E-state index < -0.39 is 5.92 Å². The molecule has 0 aromatic heterocycles. The van der Waals surface area contributed by atoms with Gasteiger partial charge in [-0.05, 0) is 52.9 Å². The topological polar surface area (TPSA) is 63.3 Å². The zero-order valence-electron chi connectivity index (χ0n) is 13.4. The number of phenolic OH excluding ortho intramolecular Hbond substituents is 1. The molecule has 3 N–H and O–H groups in total. The lowest BCUT2D eigenvalue weighted by Gasteiger charge is -2.16. The van der Waals surface area contributed by atoms with E-state index in [1.54, 1.807) is 25.1 Å². The molecule has 3 heteroatoms. The quantitative estimate of drug-likeness (QED) is 0.753. The van der Waals surface area contributed by atoms with Crippen molar-refractivity contribution >= 4 is 5.91 Å². The molecule has 0 aliphatic carbocycles. The summed E-state index contributed by atoms with van der Waals surface area (Å²) < 4.78 is 0. The van der Waals surface area contributed by atoms with Crippen LogP contribution in [0.25, 0.3) is 22.3 Å². The van der Waals surface area contributed by atoms with Gasteiger partial charge in [0.25, 0.3) is 0 Å². The Labute approximate surface area is 141 Å². The normalized spacial score (nSPS) is 11.9. The molecule has 1 unspecified atom stereocenters. The van der Waals surface area contributed by atoms with Crippen molar-refractivity contribution in [3.05, 3.63) is 78.4 Å². The second kappa shape index (κ2) is 6.59. The largest absolute Gasteiger partial charge is 0.508 e. The first-order chi connectivity index (χ1) is 11.6. The van der Waals surface area contributed by atoms with Gasteiger partial charge in [0.15, 0.2) is 0 Å². The van der Waals surface area contributed by atoms with Crippen molar-refractivity contribution in [2.24, 2.45) is 5.73 Å². The molecular weight excluding hydrogens is 298 g/mol. The van der Waals surface area contributed by atoms with E-state index in [1.165, 1.54) is 0 Å². The van der Waals surface area contributed by atoms with Crippen LogP contribution in [0.5, 0.6) is 5.75 Å². The Bertz CT molecular complexity index is 872. The first-order valence-corrected chi connectivity index (χ1v) is 7.84. The first kappa shape index (κ1) is 15.8. The number of hydrogen-bond donors (Lipinski definition) is 2. The molecule has 3 aromatic carbocycles. The molecule has 3 nitrogen and oxygen atoms in total. The molecule has 3 rings (SSSR count). The highest BCUT2D eigenvalue weighted by Gasteiger charge is 2.18. The maximum absolute atomic E-state index is 11.8. The summed E-state index contributed by atoms with van der Waals surface area (Å²) in [5, 5.41) is 9.75. The maximum Gasteiger partial charge on any atom is 0.224 e. The van der Waals surface area contributed by atoms with E-state index in [2.05, 4.69) is 0 Å². The smallest absolute Gasteiger partial charge is 0.224 e. The Hall–Kier alpha value is -3.07. The van der Waals surface area contributed by atoms with Gasteiger partial charge in [-0.15, -0.1) is 0 Å². The van der Waals surface area contributed by atoms with Crippen molar-refractivity contribution in [3.63, 3.8) is 0 Å². The average Bonchev–Trinajstić information content (AvgIpc) is 2.61. The SMILES string of the molecule is CC(C(N)=O)c1cc(-c2ccccc2)ccc1-c1cccc(O)c1.